The Morgan fingerprint density at radius 1 is 1.30 bits per heavy atom. The van der Waals surface area contributed by atoms with Gasteiger partial charge in [-0.2, -0.15) is 0 Å². The number of nitrogens with zero attached hydrogens (tertiary/aromatic N) is 2. The van der Waals surface area contributed by atoms with Crippen LogP contribution < -0.4 is 0 Å². The van der Waals surface area contributed by atoms with E-state index in [0.717, 1.165) is 5.56 Å². The van der Waals surface area contributed by atoms with Gasteiger partial charge in [0, 0.05) is 16.7 Å². The van der Waals surface area contributed by atoms with E-state index in [4.69, 9.17) is 4.74 Å². The van der Waals surface area contributed by atoms with E-state index in [1.807, 2.05) is 37.2 Å². The second kappa shape index (κ2) is 6.76. The third kappa shape index (κ3) is 3.28. The highest BCUT2D eigenvalue weighted by Gasteiger charge is 2.39. The minimum atomic E-state index is -0.518. The molecular formula is C17H20N2O3S. The highest BCUT2D eigenvalue weighted by atomic mass is 32.2. The van der Waals surface area contributed by atoms with Crippen molar-refractivity contribution in [2.75, 3.05) is 33.0 Å². The SMILES string of the molecule is CN(C)[C@H]1C=C(c2ccccc2)SC[C@H]1C(=O)N1CCOC1=O. The van der Waals surface area contributed by atoms with Gasteiger partial charge in [0.1, 0.15) is 6.61 Å². The summed E-state index contributed by atoms with van der Waals surface area (Å²) in [6.45, 7) is 0.649. The maximum Gasteiger partial charge on any atom is 0.416 e. The van der Waals surface area contributed by atoms with Gasteiger partial charge in [-0.25, -0.2) is 9.69 Å². The quantitative estimate of drug-likeness (QED) is 0.850. The maximum atomic E-state index is 12.7. The zero-order valence-electron chi connectivity index (χ0n) is 13.3. The summed E-state index contributed by atoms with van der Waals surface area (Å²) >= 11 is 1.67. The van der Waals surface area contributed by atoms with Crippen LogP contribution in [-0.2, 0) is 9.53 Å². The molecule has 0 unspecified atom stereocenters. The maximum absolute atomic E-state index is 12.7. The molecule has 0 bridgehead atoms. The van der Waals surface area contributed by atoms with Crippen molar-refractivity contribution >= 4 is 28.7 Å². The average molecular weight is 332 g/mol. The standard InChI is InChI=1S/C17H20N2O3S/c1-18(2)14-10-15(12-6-4-3-5-7-12)23-11-13(14)16(20)19-8-9-22-17(19)21/h3-7,10,13-14H,8-9,11H2,1-2H3/t13-,14+/m1/s1. The Hall–Kier alpha value is -1.79. The van der Waals surface area contributed by atoms with Crippen LogP contribution in [0.5, 0.6) is 0 Å². The molecule has 2 amide bonds. The molecule has 0 N–H and O–H groups in total. The molecule has 122 valence electrons. The number of likely N-dealkylation sites (N-methyl/N-ethyl adjacent to an activating group) is 1. The van der Waals surface area contributed by atoms with Crippen molar-refractivity contribution in [3.05, 3.63) is 42.0 Å². The monoisotopic (exact) mass is 332 g/mol. The highest BCUT2D eigenvalue weighted by Crippen LogP contribution is 2.37. The first-order valence-electron chi connectivity index (χ1n) is 7.62. The van der Waals surface area contributed by atoms with Crippen molar-refractivity contribution in [1.82, 2.24) is 9.80 Å². The number of imide groups is 1. The van der Waals surface area contributed by atoms with E-state index in [1.165, 1.54) is 9.81 Å². The fraction of sp³-hybridized carbons (Fsp3) is 0.412. The lowest BCUT2D eigenvalue weighted by atomic mass is 9.97. The van der Waals surface area contributed by atoms with E-state index in [9.17, 15) is 9.59 Å². The molecule has 2 aliphatic heterocycles. The summed E-state index contributed by atoms with van der Waals surface area (Å²) in [5, 5.41) is 0. The van der Waals surface area contributed by atoms with Crippen LogP contribution in [0.4, 0.5) is 4.79 Å². The molecule has 1 aromatic rings. The van der Waals surface area contributed by atoms with Gasteiger partial charge in [-0.05, 0) is 19.7 Å². The first-order valence-corrected chi connectivity index (χ1v) is 8.61. The molecule has 1 aromatic carbocycles. The molecule has 3 rings (SSSR count). The minimum Gasteiger partial charge on any atom is -0.447 e. The molecular weight excluding hydrogens is 312 g/mol. The normalized spacial score (nSPS) is 24.6. The Morgan fingerprint density at radius 3 is 2.65 bits per heavy atom. The summed E-state index contributed by atoms with van der Waals surface area (Å²) in [5.41, 5.74) is 1.16. The van der Waals surface area contributed by atoms with Gasteiger partial charge in [-0.1, -0.05) is 36.4 Å². The number of amides is 2. The number of benzene rings is 1. The predicted molar refractivity (Wildman–Crippen MR) is 90.9 cm³/mol. The Kier molecular flexibility index (Phi) is 4.73. The fourth-order valence-electron chi connectivity index (χ4n) is 2.90. The number of carbonyl (C=O) groups excluding carboxylic acids is 2. The number of rotatable bonds is 3. The third-order valence-corrected chi connectivity index (χ3v) is 5.36. The van der Waals surface area contributed by atoms with Crippen molar-refractivity contribution in [2.24, 2.45) is 5.92 Å². The summed E-state index contributed by atoms with van der Waals surface area (Å²) in [6, 6.07) is 10.1. The van der Waals surface area contributed by atoms with Gasteiger partial charge in [0.25, 0.3) is 0 Å². The molecule has 0 spiro atoms. The number of cyclic esters (lactones) is 1. The molecule has 0 aliphatic carbocycles. The Morgan fingerprint density at radius 2 is 2.04 bits per heavy atom. The van der Waals surface area contributed by atoms with Crippen molar-refractivity contribution in [3.8, 4) is 0 Å². The zero-order chi connectivity index (χ0) is 16.4. The lowest BCUT2D eigenvalue weighted by Gasteiger charge is -2.34. The smallest absolute Gasteiger partial charge is 0.416 e. The van der Waals surface area contributed by atoms with Crippen LogP contribution in [0.2, 0.25) is 0 Å². The molecule has 2 heterocycles. The van der Waals surface area contributed by atoms with Gasteiger partial charge >= 0.3 is 6.09 Å². The molecule has 1 saturated heterocycles. The Labute approximate surface area is 140 Å². The van der Waals surface area contributed by atoms with Crippen molar-refractivity contribution < 1.29 is 14.3 Å². The summed E-state index contributed by atoms with van der Waals surface area (Å²) in [7, 11) is 3.92. The minimum absolute atomic E-state index is 0.0349. The molecule has 5 nitrogen and oxygen atoms in total. The summed E-state index contributed by atoms with van der Waals surface area (Å²) < 4.78 is 4.89. The number of thioether (sulfide) groups is 1. The van der Waals surface area contributed by atoms with Gasteiger partial charge in [-0.15, -0.1) is 11.8 Å². The van der Waals surface area contributed by atoms with Crippen LogP contribution in [0, 0.1) is 5.92 Å². The molecule has 0 aromatic heterocycles. The number of ether oxygens (including phenoxy) is 1. The molecule has 23 heavy (non-hydrogen) atoms. The van der Waals surface area contributed by atoms with E-state index >= 15 is 0 Å². The lowest BCUT2D eigenvalue weighted by molar-refractivity contribution is -0.132. The third-order valence-electron chi connectivity index (χ3n) is 4.15. The molecule has 0 radical (unpaired) electrons. The van der Waals surface area contributed by atoms with Crippen molar-refractivity contribution in [1.29, 1.82) is 0 Å². The van der Waals surface area contributed by atoms with E-state index in [1.54, 1.807) is 11.8 Å². The van der Waals surface area contributed by atoms with Gasteiger partial charge in [0.2, 0.25) is 5.91 Å². The van der Waals surface area contributed by atoms with Gasteiger partial charge in [0.05, 0.1) is 12.5 Å². The summed E-state index contributed by atoms with van der Waals surface area (Å²) in [5.74, 6) is 0.279. The van der Waals surface area contributed by atoms with Crippen LogP contribution in [0.1, 0.15) is 5.56 Å². The number of hydrogen-bond donors (Lipinski definition) is 0. The fourth-order valence-corrected chi connectivity index (χ4v) is 4.14. The summed E-state index contributed by atoms with van der Waals surface area (Å²) in [4.78, 5) is 28.8. The second-order valence-electron chi connectivity index (χ2n) is 5.87. The van der Waals surface area contributed by atoms with Crippen molar-refractivity contribution in [2.45, 2.75) is 6.04 Å². The Bertz CT molecular complexity index is 630. The highest BCUT2D eigenvalue weighted by molar-refractivity contribution is 8.08. The molecule has 2 aliphatic rings. The van der Waals surface area contributed by atoms with Crippen LogP contribution in [0.25, 0.3) is 4.91 Å². The second-order valence-corrected chi connectivity index (χ2v) is 6.93. The van der Waals surface area contributed by atoms with E-state index < -0.39 is 6.09 Å². The molecule has 6 heteroatoms. The van der Waals surface area contributed by atoms with E-state index in [-0.39, 0.29) is 17.9 Å². The largest absolute Gasteiger partial charge is 0.447 e. The van der Waals surface area contributed by atoms with Crippen LogP contribution in [-0.4, -0.2) is 60.8 Å². The van der Waals surface area contributed by atoms with Crippen LogP contribution >= 0.6 is 11.8 Å². The molecule has 2 atom stereocenters. The first-order chi connectivity index (χ1) is 11.1. The zero-order valence-corrected chi connectivity index (χ0v) is 14.1. The van der Waals surface area contributed by atoms with Crippen molar-refractivity contribution in [3.63, 3.8) is 0 Å². The van der Waals surface area contributed by atoms with Crippen LogP contribution in [0.15, 0.2) is 36.4 Å². The number of carbonyl (C=O) groups is 2. The van der Waals surface area contributed by atoms with E-state index in [2.05, 4.69) is 18.2 Å². The summed E-state index contributed by atoms with van der Waals surface area (Å²) in [6.07, 6.45) is 1.61. The van der Waals surface area contributed by atoms with E-state index in [0.29, 0.717) is 18.9 Å². The van der Waals surface area contributed by atoms with Gasteiger partial charge in [0.15, 0.2) is 0 Å². The van der Waals surface area contributed by atoms with Gasteiger partial charge < -0.3 is 9.64 Å². The Balaban J connectivity index is 1.84. The average Bonchev–Trinajstić information content (AvgIpc) is 3.00. The lowest BCUT2D eigenvalue weighted by Crippen LogP contribution is -2.47. The molecule has 0 saturated carbocycles. The van der Waals surface area contributed by atoms with Gasteiger partial charge in [-0.3, -0.25) is 4.79 Å². The number of hydrogen-bond acceptors (Lipinski definition) is 5. The predicted octanol–water partition coefficient (Wildman–Crippen LogP) is 2.30. The molecule has 1 fully saturated rings. The van der Waals surface area contributed by atoms with Crippen LogP contribution in [0.3, 0.4) is 0 Å². The first kappa shape index (κ1) is 16.1. The topological polar surface area (TPSA) is 49.9 Å².